The molecule has 7 nitrogen and oxygen atoms in total. The smallest absolute Gasteiger partial charge is 0.407 e. The van der Waals surface area contributed by atoms with Crippen LogP contribution in [0.5, 0.6) is 0 Å². The third-order valence-corrected chi connectivity index (χ3v) is 5.53. The lowest BCUT2D eigenvalue weighted by molar-refractivity contribution is -0.142. The van der Waals surface area contributed by atoms with E-state index in [4.69, 9.17) is 4.74 Å². The van der Waals surface area contributed by atoms with Gasteiger partial charge < -0.3 is 20.5 Å². The Hall–Kier alpha value is -3.35. The molecule has 0 saturated carbocycles. The highest BCUT2D eigenvalue weighted by Crippen LogP contribution is 2.44. The number of carbonyl (C=O) groups is 3. The Kier molecular flexibility index (Phi) is 7.87. The average Bonchev–Trinajstić information content (AvgIpc) is 3.08. The van der Waals surface area contributed by atoms with Gasteiger partial charge in [0.25, 0.3) is 0 Å². The van der Waals surface area contributed by atoms with Crippen LogP contribution in [0, 0.1) is 5.92 Å². The third-order valence-electron chi connectivity index (χ3n) is 5.53. The zero-order chi connectivity index (χ0) is 23.1. The van der Waals surface area contributed by atoms with Crippen LogP contribution in [-0.4, -0.2) is 42.3 Å². The molecule has 0 bridgehead atoms. The quantitative estimate of drug-likeness (QED) is 0.488. The molecule has 2 aromatic rings. The van der Waals surface area contributed by atoms with Gasteiger partial charge in [0.15, 0.2) is 0 Å². The number of carbonyl (C=O) groups excluding carboxylic acids is 2. The fraction of sp³-hybridized carbons (Fsp3) is 0.400. The van der Waals surface area contributed by atoms with Crippen molar-refractivity contribution >= 4 is 18.0 Å². The summed E-state index contributed by atoms with van der Waals surface area (Å²) < 4.78 is 5.46. The standard InChI is InChI=1S/C25H30N2O5/c1-16(2)14-22(24(29)30)27-23(28)12-7-13-26-25(31)32-15-21-19-10-5-3-8-17(19)18-9-4-6-11-20(18)21/h3-6,8-11,16,21-22H,7,12-15H2,1-2H3,(H,26,31)(H,27,28)(H,29,30). The first-order valence-electron chi connectivity index (χ1n) is 11.0. The van der Waals surface area contributed by atoms with E-state index in [0.29, 0.717) is 12.8 Å². The summed E-state index contributed by atoms with van der Waals surface area (Å²) in [5, 5.41) is 14.4. The topological polar surface area (TPSA) is 105 Å². The first-order chi connectivity index (χ1) is 15.4. The number of amides is 2. The van der Waals surface area contributed by atoms with E-state index >= 15 is 0 Å². The monoisotopic (exact) mass is 438 g/mol. The Labute approximate surface area is 188 Å². The van der Waals surface area contributed by atoms with E-state index < -0.39 is 18.1 Å². The normalized spacial score (nSPS) is 13.2. The molecule has 170 valence electrons. The van der Waals surface area contributed by atoms with E-state index in [1.807, 2.05) is 38.1 Å². The van der Waals surface area contributed by atoms with Gasteiger partial charge in [-0.3, -0.25) is 4.79 Å². The van der Waals surface area contributed by atoms with Gasteiger partial charge in [-0.2, -0.15) is 0 Å². The summed E-state index contributed by atoms with van der Waals surface area (Å²) in [5.74, 6) is -1.23. The van der Waals surface area contributed by atoms with E-state index in [1.165, 1.54) is 11.1 Å². The molecule has 0 radical (unpaired) electrons. The highest BCUT2D eigenvalue weighted by molar-refractivity contribution is 5.83. The zero-order valence-corrected chi connectivity index (χ0v) is 18.5. The van der Waals surface area contributed by atoms with E-state index in [0.717, 1.165) is 11.1 Å². The number of ether oxygens (including phenoxy) is 1. The Bertz CT molecular complexity index is 927. The van der Waals surface area contributed by atoms with Crippen LogP contribution in [0.25, 0.3) is 11.1 Å². The molecule has 0 heterocycles. The summed E-state index contributed by atoms with van der Waals surface area (Å²) in [6.07, 6.45) is 0.366. The fourth-order valence-electron chi connectivity index (χ4n) is 4.05. The Morgan fingerprint density at radius 2 is 1.59 bits per heavy atom. The maximum absolute atomic E-state index is 12.1. The average molecular weight is 439 g/mol. The predicted molar refractivity (Wildman–Crippen MR) is 121 cm³/mol. The molecule has 0 fully saturated rings. The summed E-state index contributed by atoms with van der Waals surface area (Å²) in [5.41, 5.74) is 4.63. The van der Waals surface area contributed by atoms with Crippen molar-refractivity contribution < 1.29 is 24.2 Å². The van der Waals surface area contributed by atoms with Crippen molar-refractivity contribution in [3.63, 3.8) is 0 Å². The van der Waals surface area contributed by atoms with Gasteiger partial charge in [-0.15, -0.1) is 0 Å². The molecule has 0 aromatic heterocycles. The molecule has 2 amide bonds. The van der Waals surface area contributed by atoms with E-state index in [1.54, 1.807) is 0 Å². The number of hydrogen-bond donors (Lipinski definition) is 3. The SMILES string of the molecule is CC(C)CC(NC(=O)CCCNC(=O)OCC1c2ccccc2-c2ccccc21)C(=O)O. The molecule has 3 N–H and O–H groups in total. The molecule has 0 saturated heterocycles. The number of nitrogens with one attached hydrogen (secondary N) is 2. The number of carboxylic acid groups (broad SMARTS) is 1. The number of fused-ring (bicyclic) bond motifs is 3. The van der Waals surface area contributed by atoms with E-state index in [2.05, 4.69) is 34.9 Å². The lowest BCUT2D eigenvalue weighted by atomic mass is 9.98. The highest BCUT2D eigenvalue weighted by atomic mass is 16.5. The molecule has 1 unspecified atom stereocenters. The summed E-state index contributed by atoms with van der Waals surface area (Å²) in [6, 6.07) is 15.4. The number of benzene rings is 2. The molecule has 1 atom stereocenters. The molecule has 1 aliphatic rings. The summed E-state index contributed by atoms with van der Waals surface area (Å²) in [6.45, 7) is 4.31. The van der Waals surface area contributed by atoms with Crippen LogP contribution in [0.15, 0.2) is 48.5 Å². The largest absolute Gasteiger partial charge is 0.480 e. The lowest BCUT2D eigenvalue weighted by Crippen LogP contribution is -2.41. The van der Waals surface area contributed by atoms with Gasteiger partial charge in [0, 0.05) is 18.9 Å². The Balaban J connectivity index is 1.42. The summed E-state index contributed by atoms with van der Waals surface area (Å²) >= 11 is 0. The second-order valence-electron chi connectivity index (χ2n) is 8.44. The van der Waals surface area contributed by atoms with Crippen LogP contribution in [0.2, 0.25) is 0 Å². The second kappa shape index (κ2) is 10.8. The predicted octanol–water partition coefficient (Wildman–Crippen LogP) is 3.92. The molecule has 7 heteroatoms. The van der Waals surface area contributed by atoms with Crippen LogP contribution in [0.1, 0.15) is 50.2 Å². The van der Waals surface area contributed by atoms with Crippen molar-refractivity contribution in [3.8, 4) is 11.1 Å². The van der Waals surface area contributed by atoms with Crippen molar-refractivity contribution in [3.05, 3.63) is 59.7 Å². The molecule has 0 aliphatic heterocycles. The van der Waals surface area contributed by atoms with Crippen LogP contribution < -0.4 is 10.6 Å². The van der Waals surface area contributed by atoms with Gasteiger partial charge in [-0.25, -0.2) is 9.59 Å². The minimum absolute atomic E-state index is 0.00663. The van der Waals surface area contributed by atoms with E-state index in [9.17, 15) is 19.5 Å². The second-order valence-corrected chi connectivity index (χ2v) is 8.44. The van der Waals surface area contributed by atoms with Gasteiger partial charge in [0.2, 0.25) is 5.91 Å². The van der Waals surface area contributed by atoms with Crippen molar-refractivity contribution in [1.82, 2.24) is 10.6 Å². The van der Waals surface area contributed by atoms with Crippen LogP contribution in [-0.2, 0) is 14.3 Å². The molecular weight excluding hydrogens is 408 g/mol. The zero-order valence-electron chi connectivity index (χ0n) is 18.5. The van der Waals surface area contributed by atoms with Crippen LogP contribution in [0.3, 0.4) is 0 Å². The lowest BCUT2D eigenvalue weighted by Gasteiger charge is -2.16. The van der Waals surface area contributed by atoms with Crippen molar-refractivity contribution in [2.75, 3.05) is 13.2 Å². The van der Waals surface area contributed by atoms with Crippen molar-refractivity contribution in [2.24, 2.45) is 5.92 Å². The third kappa shape index (κ3) is 5.87. The number of alkyl carbamates (subject to hydrolysis) is 1. The maximum atomic E-state index is 12.1. The van der Waals surface area contributed by atoms with Crippen molar-refractivity contribution in [2.45, 2.75) is 45.1 Å². The molecule has 2 aromatic carbocycles. The number of aliphatic carboxylic acids is 1. The molecule has 3 rings (SSSR count). The number of rotatable bonds is 10. The first kappa shape index (κ1) is 23.3. The highest BCUT2D eigenvalue weighted by Gasteiger charge is 2.29. The maximum Gasteiger partial charge on any atom is 0.407 e. The molecule has 0 spiro atoms. The van der Waals surface area contributed by atoms with Gasteiger partial charge in [0.05, 0.1) is 0 Å². The van der Waals surface area contributed by atoms with Gasteiger partial charge >= 0.3 is 12.1 Å². The number of carboxylic acids is 1. The fourth-order valence-corrected chi connectivity index (χ4v) is 4.05. The van der Waals surface area contributed by atoms with Gasteiger partial charge in [0.1, 0.15) is 12.6 Å². The Morgan fingerprint density at radius 1 is 1.00 bits per heavy atom. The minimum Gasteiger partial charge on any atom is -0.480 e. The minimum atomic E-state index is -1.04. The van der Waals surface area contributed by atoms with Crippen LogP contribution >= 0.6 is 0 Å². The summed E-state index contributed by atoms with van der Waals surface area (Å²) in [4.78, 5) is 35.4. The van der Waals surface area contributed by atoms with Gasteiger partial charge in [-0.05, 0) is 41.0 Å². The Morgan fingerprint density at radius 3 is 2.16 bits per heavy atom. The first-order valence-corrected chi connectivity index (χ1v) is 11.0. The number of hydrogen-bond acceptors (Lipinski definition) is 4. The van der Waals surface area contributed by atoms with E-state index in [-0.39, 0.29) is 37.3 Å². The molecule has 1 aliphatic carbocycles. The summed E-state index contributed by atoms with van der Waals surface area (Å²) in [7, 11) is 0. The molecular formula is C25H30N2O5. The van der Waals surface area contributed by atoms with Gasteiger partial charge in [-0.1, -0.05) is 62.4 Å². The van der Waals surface area contributed by atoms with Crippen LogP contribution in [0.4, 0.5) is 4.79 Å². The molecule has 32 heavy (non-hydrogen) atoms. The van der Waals surface area contributed by atoms with Crippen molar-refractivity contribution in [1.29, 1.82) is 0 Å².